The molecule has 0 saturated heterocycles. The van der Waals surface area contributed by atoms with Crippen LogP contribution in [0, 0.1) is 5.82 Å². The molecule has 0 aliphatic heterocycles. The number of phenols is 1. The molecule has 5 N–H and O–H groups in total. The highest BCUT2D eigenvalue weighted by Crippen LogP contribution is 2.31. The number of para-hydroxylation sites is 1. The summed E-state index contributed by atoms with van der Waals surface area (Å²) in [5.74, 6) is -1.23. The van der Waals surface area contributed by atoms with Crippen molar-refractivity contribution in [1.29, 1.82) is 0 Å². The number of carbonyl (C=O) groups is 1. The molecule has 0 fully saturated rings. The lowest BCUT2D eigenvalue weighted by Crippen LogP contribution is -2.26. The predicted molar refractivity (Wildman–Crippen MR) is 111 cm³/mol. The summed E-state index contributed by atoms with van der Waals surface area (Å²) in [5, 5.41) is 20.4. The summed E-state index contributed by atoms with van der Waals surface area (Å²) in [7, 11) is 3.08. The summed E-state index contributed by atoms with van der Waals surface area (Å²) in [6.45, 7) is 0.0735. The Hall–Kier alpha value is -4.08. The summed E-state index contributed by atoms with van der Waals surface area (Å²) in [6.07, 6.45) is 0. The van der Waals surface area contributed by atoms with E-state index in [0.717, 1.165) is 0 Å². The van der Waals surface area contributed by atoms with E-state index in [0.29, 0.717) is 5.56 Å². The molecule has 156 valence electrons. The van der Waals surface area contributed by atoms with Gasteiger partial charge in [0, 0.05) is 20.6 Å². The maximum Gasteiger partial charge on any atom is 0.288 e. The highest BCUT2D eigenvalue weighted by molar-refractivity contribution is 5.98. The van der Waals surface area contributed by atoms with Crippen molar-refractivity contribution in [3.05, 3.63) is 80.1 Å². The van der Waals surface area contributed by atoms with Crippen molar-refractivity contribution in [2.45, 2.75) is 6.54 Å². The minimum Gasteiger partial charge on any atom is -0.505 e. The lowest BCUT2D eigenvalue weighted by atomic mass is 10.1. The Morgan fingerprint density at radius 2 is 1.73 bits per heavy atom. The third-order valence-electron chi connectivity index (χ3n) is 4.28. The van der Waals surface area contributed by atoms with Crippen LogP contribution in [0.2, 0.25) is 0 Å². The summed E-state index contributed by atoms with van der Waals surface area (Å²) < 4.78 is 13.4. The third kappa shape index (κ3) is 4.32. The van der Waals surface area contributed by atoms with Gasteiger partial charge < -0.3 is 20.6 Å². The maximum atomic E-state index is 13.4. The van der Waals surface area contributed by atoms with Gasteiger partial charge in [-0.05, 0) is 29.8 Å². The van der Waals surface area contributed by atoms with Crippen LogP contribution >= 0.6 is 0 Å². The fourth-order valence-electron chi connectivity index (χ4n) is 2.78. The SMILES string of the molecule is CN(C)C(=O)c1cccc(Nc2c(NCc3cccc(F)c3)c(=O)[nH][nH]c2=O)c1O. The quantitative estimate of drug-likeness (QED) is 0.393. The molecule has 30 heavy (non-hydrogen) atoms. The summed E-state index contributed by atoms with van der Waals surface area (Å²) in [5.41, 5.74) is -0.921. The molecule has 0 atom stereocenters. The van der Waals surface area contributed by atoms with E-state index in [4.69, 9.17) is 0 Å². The molecule has 0 spiro atoms. The average molecular weight is 413 g/mol. The van der Waals surface area contributed by atoms with Crippen LogP contribution in [-0.4, -0.2) is 40.2 Å². The number of aromatic hydroxyl groups is 1. The zero-order chi connectivity index (χ0) is 21.8. The zero-order valence-corrected chi connectivity index (χ0v) is 16.2. The molecule has 0 saturated carbocycles. The maximum absolute atomic E-state index is 13.4. The molecular formula is C20H20FN5O4. The molecule has 9 nitrogen and oxygen atoms in total. The number of aromatic amines is 2. The molecule has 1 heterocycles. The molecule has 0 radical (unpaired) electrons. The van der Waals surface area contributed by atoms with E-state index in [9.17, 15) is 23.9 Å². The number of amides is 1. The van der Waals surface area contributed by atoms with Crippen molar-refractivity contribution in [2.24, 2.45) is 0 Å². The van der Waals surface area contributed by atoms with Gasteiger partial charge in [0.2, 0.25) is 0 Å². The predicted octanol–water partition coefficient (Wildman–Crippen LogP) is 1.97. The van der Waals surface area contributed by atoms with Crippen LogP contribution in [0.15, 0.2) is 52.1 Å². The van der Waals surface area contributed by atoms with Crippen LogP contribution in [0.1, 0.15) is 15.9 Å². The molecule has 0 unspecified atom stereocenters. The largest absolute Gasteiger partial charge is 0.505 e. The van der Waals surface area contributed by atoms with Gasteiger partial charge >= 0.3 is 0 Å². The summed E-state index contributed by atoms with van der Waals surface area (Å²) >= 11 is 0. The minimum atomic E-state index is -0.667. The monoisotopic (exact) mass is 413 g/mol. The Morgan fingerprint density at radius 3 is 2.40 bits per heavy atom. The van der Waals surface area contributed by atoms with Gasteiger partial charge in [0.15, 0.2) is 5.75 Å². The Bertz CT molecular complexity index is 1200. The number of hydrogen-bond acceptors (Lipinski definition) is 6. The number of benzene rings is 2. The third-order valence-corrected chi connectivity index (χ3v) is 4.28. The first-order chi connectivity index (χ1) is 14.3. The lowest BCUT2D eigenvalue weighted by molar-refractivity contribution is 0.0824. The number of rotatable bonds is 6. The van der Waals surface area contributed by atoms with Crippen LogP contribution < -0.4 is 21.8 Å². The number of phenolic OH excluding ortho intramolecular Hbond substituents is 1. The van der Waals surface area contributed by atoms with Crippen molar-refractivity contribution >= 4 is 23.0 Å². The average Bonchev–Trinajstić information content (AvgIpc) is 2.71. The fraction of sp³-hybridized carbons (Fsp3) is 0.150. The summed E-state index contributed by atoms with van der Waals surface area (Å²) in [4.78, 5) is 38.2. The standard InChI is InChI=1S/C20H20FN5O4/c1-26(2)20(30)13-7-4-8-14(17(13)27)23-16-15(18(28)24-25-19(16)29)22-10-11-5-3-6-12(21)9-11/h3-9,27H,10H2,1-2H3,(H2,22,25,29)(H2,23,24,28). The van der Waals surface area contributed by atoms with Gasteiger partial charge in [-0.2, -0.15) is 0 Å². The number of aromatic nitrogens is 2. The smallest absolute Gasteiger partial charge is 0.288 e. The second-order valence-corrected chi connectivity index (χ2v) is 6.67. The lowest BCUT2D eigenvalue weighted by Gasteiger charge is -2.16. The molecular weight excluding hydrogens is 393 g/mol. The molecule has 1 aromatic heterocycles. The number of anilines is 3. The summed E-state index contributed by atoms with van der Waals surface area (Å²) in [6, 6.07) is 10.2. The topological polar surface area (TPSA) is 130 Å². The Kier molecular flexibility index (Phi) is 5.86. The fourth-order valence-corrected chi connectivity index (χ4v) is 2.78. The highest BCUT2D eigenvalue weighted by Gasteiger charge is 2.18. The van der Waals surface area contributed by atoms with Crippen molar-refractivity contribution in [3.63, 3.8) is 0 Å². The van der Waals surface area contributed by atoms with Gasteiger partial charge in [-0.25, -0.2) is 4.39 Å². The number of hydrogen-bond donors (Lipinski definition) is 5. The second kappa shape index (κ2) is 8.52. The highest BCUT2D eigenvalue weighted by atomic mass is 19.1. The van der Waals surface area contributed by atoms with Crippen molar-refractivity contribution in [1.82, 2.24) is 15.1 Å². The second-order valence-electron chi connectivity index (χ2n) is 6.67. The number of nitrogens with one attached hydrogen (secondary N) is 4. The van der Waals surface area contributed by atoms with E-state index < -0.39 is 22.8 Å². The van der Waals surface area contributed by atoms with E-state index in [1.807, 2.05) is 0 Å². The minimum absolute atomic E-state index is 0.0283. The van der Waals surface area contributed by atoms with Crippen LogP contribution in [-0.2, 0) is 6.54 Å². The Labute approximate surface area is 170 Å². The molecule has 3 rings (SSSR count). The van der Waals surface area contributed by atoms with Gasteiger partial charge in [-0.15, -0.1) is 0 Å². The van der Waals surface area contributed by atoms with E-state index in [-0.39, 0.29) is 34.9 Å². The zero-order valence-electron chi connectivity index (χ0n) is 16.2. The van der Waals surface area contributed by atoms with E-state index in [1.54, 1.807) is 6.07 Å². The Balaban J connectivity index is 1.96. The number of nitrogens with zero attached hydrogens (tertiary/aromatic N) is 1. The normalized spacial score (nSPS) is 10.5. The molecule has 0 aliphatic rings. The van der Waals surface area contributed by atoms with Gasteiger partial charge in [0.05, 0.1) is 11.3 Å². The van der Waals surface area contributed by atoms with Gasteiger partial charge in [-0.1, -0.05) is 18.2 Å². The molecule has 10 heteroatoms. The van der Waals surface area contributed by atoms with Gasteiger partial charge in [-0.3, -0.25) is 24.6 Å². The number of halogens is 1. The van der Waals surface area contributed by atoms with Crippen molar-refractivity contribution < 1.29 is 14.3 Å². The van der Waals surface area contributed by atoms with Crippen molar-refractivity contribution in [3.8, 4) is 5.75 Å². The molecule has 2 aromatic carbocycles. The van der Waals surface area contributed by atoms with Crippen LogP contribution in [0.25, 0.3) is 0 Å². The van der Waals surface area contributed by atoms with Crippen LogP contribution in [0.4, 0.5) is 21.5 Å². The first-order valence-corrected chi connectivity index (χ1v) is 8.92. The van der Waals surface area contributed by atoms with Gasteiger partial charge in [0.1, 0.15) is 17.2 Å². The molecule has 0 bridgehead atoms. The van der Waals surface area contributed by atoms with Gasteiger partial charge in [0.25, 0.3) is 17.0 Å². The van der Waals surface area contributed by atoms with Crippen LogP contribution in [0.3, 0.4) is 0 Å². The molecule has 3 aromatic rings. The number of carbonyl (C=O) groups excluding carboxylic acids is 1. The first-order valence-electron chi connectivity index (χ1n) is 8.92. The van der Waals surface area contributed by atoms with E-state index in [2.05, 4.69) is 20.8 Å². The molecule has 1 amide bonds. The Morgan fingerprint density at radius 1 is 1.07 bits per heavy atom. The van der Waals surface area contributed by atoms with E-state index in [1.165, 1.54) is 55.4 Å². The van der Waals surface area contributed by atoms with Crippen LogP contribution in [0.5, 0.6) is 5.75 Å². The first kappa shape index (κ1) is 20.6. The van der Waals surface area contributed by atoms with E-state index >= 15 is 0 Å². The van der Waals surface area contributed by atoms with Crippen molar-refractivity contribution in [2.75, 3.05) is 24.7 Å². The molecule has 0 aliphatic carbocycles. The number of H-pyrrole nitrogens is 2.